The maximum atomic E-state index is 12.0. The van der Waals surface area contributed by atoms with Gasteiger partial charge in [-0.05, 0) is 19.3 Å². The zero-order chi connectivity index (χ0) is 13.2. The minimum Gasteiger partial charge on any atom is -0.481 e. The number of rotatable bonds is 4. The summed E-state index contributed by atoms with van der Waals surface area (Å²) in [5.74, 6) is -1.27. The summed E-state index contributed by atoms with van der Waals surface area (Å²) in [5, 5.41) is 8.86. The summed E-state index contributed by atoms with van der Waals surface area (Å²) < 4.78 is 33.1. The van der Waals surface area contributed by atoms with Crippen LogP contribution in [0.1, 0.15) is 19.3 Å². The zero-order valence-corrected chi connectivity index (χ0v) is 10.9. The second kappa shape index (κ2) is 5.52. The maximum absolute atomic E-state index is 12.0. The van der Waals surface area contributed by atoms with Crippen LogP contribution >= 0.6 is 0 Å². The minimum absolute atomic E-state index is 0.160. The monoisotopic (exact) mass is 278 g/mol. The molecule has 2 saturated heterocycles. The SMILES string of the molecule is O=C(O)C1CCN(S(=O)(=O)NC2CCOC2)CC1. The van der Waals surface area contributed by atoms with Crippen LogP contribution in [0, 0.1) is 5.92 Å². The van der Waals surface area contributed by atoms with Crippen molar-refractivity contribution in [1.29, 1.82) is 0 Å². The van der Waals surface area contributed by atoms with Crippen molar-refractivity contribution in [2.75, 3.05) is 26.3 Å². The lowest BCUT2D eigenvalue weighted by molar-refractivity contribution is -0.142. The Hall–Kier alpha value is -0.700. The van der Waals surface area contributed by atoms with E-state index < -0.39 is 22.1 Å². The van der Waals surface area contributed by atoms with E-state index in [0.29, 0.717) is 32.5 Å². The molecule has 2 N–H and O–H groups in total. The Bertz CT molecular complexity index is 396. The molecule has 7 nitrogen and oxygen atoms in total. The molecule has 1 unspecified atom stereocenters. The third kappa shape index (κ3) is 3.19. The van der Waals surface area contributed by atoms with Gasteiger partial charge in [-0.2, -0.15) is 17.4 Å². The smallest absolute Gasteiger partial charge is 0.306 e. The third-order valence-corrected chi connectivity index (χ3v) is 5.06. The van der Waals surface area contributed by atoms with Gasteiger partial charge in [0, 0.05) is 25.7 Å². The third-order valence-electron chi connectivity index (χ3n) is 3.39. The van der Waals surface area contributed by atoms with E-state index >= 15 is 0 Å². The number of nitrogens with one attached hydrogen (secondary N) is 1. The van der Waals surface area contributed by atoms with E-state index in [1.165, 1.54) is 4.31 Å². The van der Waals surface area contributed by atoms with E-state index in [4.69, 9.17) is 9.84 Å². The van der Waals surface area contributed by atoms with Crippen LogP contribution in [-0.2, 0) is 19.7 Å². The highest BCUT2D eigenvalue weighted by Crippen LogP contribution is 2.19. The molecule has 0 aromatic rings. The van der Waals surface area contributed by atoms with Gasteiger partial charge in [0.1, 0.15) is 0 Å². The average molecular weight is 278 g/mol. The van der Waals surface area contributed by atoms with Gasteiger partial charge in [-0.15, -0.1) is 0 Å². The molecule has 104 valence electrons. The maximum Gasteiger partial charge on any atom is 0.306 e. The summed E-state index contributed by atoms with van der Waals surface area (Å²) in [6.45, 7) is 1.51. The van der Waals surface area contributed by atoms with Crippen molar-refractivity contribution in [3.05, 3.63) is 0 Å². The van der Waals surface area contributed by atoms with Crippen LogP contribution < -0.4 is 4.72 Å². The number of hydrogen-bond donors (Lipinski definition) is 2. The van der Waals surface area contributed by atoms with E-state index in [0.717, 1.165) is 0 Å². The fraction of sp³-hybridized carbons (Fsp3) is 0.900. The fourth-order valence-corrected chi connectivity index (χ4v) is 3.70. The Morgan fingerprint density at radius 1 is 1.28 bits per heavy atom. The highest BCUT2D eigenvalue weighted by molar-refractivity contribution is 7.87. The Balaban J connectivity index is 1.89. The molecular formula is C10H18N2O5S. The molecule has 0 amide bonds. The first-order valence-corrected chi connectivity index (χ1v) is 7.51. The number of carbonyl (C=O) groups is 1. The van der Waals surface area contributed by atoms with Gasteiger partial charge in [0.2, 0.25) is 0 Å². The lowest BCUT2D eigenvalue weighted by atomic mass is 9.99. The lowest BCUT2D eigenvalue weighted by Gasteiger charge is -2.30. The van der Waals surface area contributed by atoms with Gasteiger partial charge in [-0.25, -0.2) is 0 Å². The molecule has 0 spiro atoms. The van der Waals surface area contributed by atoms with Crippen LogP contribution in [-0.4, -0.2) is 56.1 Å². The number of nitrogens with zero attached hydrogens (tertiary/aromatic N) is 1. The van der Waals surface area contributed by atoms with Crippen molar-refractivity contribution < 1.29 is 23.1 Å². The molecule has 0 bridgehead atoms. The Morgan fingerprint density at radius 3 is 2.44 bits per heavy atom. The number of hydrogen-bond acceptors (Lipinski definition) is 4. The van der Waals surface area contributed by atoms with Gasteiger partial charge >= 0.3 is 5.97 Å². The molecule has 0 aromatic heterocycles. The summed E-state index contributed by atoms with van der Waals surface area (Å²) in [7, 11) is -3.51. The molecular weight excluding hydrogens is 260 g/mol. The van der Waals surface area contributed by atoms with Gasteiger partial charge in [0.25, 0.3) is 10.2 Å². The largest absolute Gasteiger partial charge is 0.481 e. The Kier molecular flexibility index (Phi) is 4.21. The van der Waals surface area contributed by atoms with Crippen LogP contribution in [0.5, 0.6) is 0 Å². The molecule has 0 aliphatic carbocycles. The van der Waals surface area contributed by atoms with Gasteiger partial charge in [-0.3, -0.25) is 4.79 Å². The predicted octanol–water partition coefficient (Wildman–Crippen LogP) is -0.594. The Morgan fingerprint density at radius 2 is 1.94 bits per heavy atom. The molecule has 0 aromatic carbocycles. The van der Waals surface area contributed by atoms with Crippen molar-refractivity contribution >= 4 is 16.2 Å². The van der Waals surface area contributed by atoms with Crippen LogP contribution in [0.15, 0.2) is 0 Å². The van der Waals surface area contributed by atoms with Crippen molar-refractivity contribution in [3.63, 3.8) is 0 Å². The van der Waals surface area contributed by atoms with Crippen LogP contribution in [0.25, 0.3) is 0 Å². The van der Waals surface area contributed by atoms with Crippen molar-refractivity contribution in [3.8, 4) is 0 Å². The van der Waals surface area contributed by atoms with E-state index in [-0.39, 0.29) is 19.1 Å². The molecule has 2 rings (SSSR count). The Labute approximate surface area is 106 Å². The molecule has 18 heavy (non-hydrogen) atoms. The first-order valence-electron chi connectivity index (χ1n) is 6.07. The minimum atomic E-state index is -3.51. The highest BCUT2D eigenvalue weighted by Gasteiger charge is 2.32. The molecule has 2 heterocycles. The molecule has 2 aliphatic heterocycles. The summed E-state index contributed by atoms with van der Waals surface area (Å²) in [5.41, 5.74) is 0. The number of ether oxygens (including phenoxy) is 1. The molecule has 0 saturated carbocycles. The number of aliphatic carboxylic acids is 1. The normalized spacial score (nSPS) is 27.4. The molecule has 2 aliphatic rings. The van der Waals surface area contributed by atoms with Gasteiger partial charge in [-0.1, -0.05) is 0 Å². The summed E-state index contributed by atoms with van der Waals surface area (Å²) in [4.78, 5) is 10.8. The van der Waals surface area contributed by atoms with Gasteiger partial charge < -0.3 is 9.84 Å². The summed E-state index contributed by atoms with van der Waals surface area (Å²) >= 11 is 0. The van der Waals surface area contributed by atoms with Crippen LogP contribution in [0.3, 0.4) is 0 Å². The van der Waals surface area contributed by atoms with Crippen molar-refractivity contribution in [2.24, 2.45) is 5.92 Å². The van der Waals surface area contributed by atoms with E-state index in [1.54, 1.807) is 0 Å². The molecule has 2 fully saturated rings. The first kappa shape index (κ1) is 13.7. The molecule has 0 radical (unpaired) electrons. The summed E-state index contributed by atoms with van der Waals surface area (Å²) in [6.07, 6.45) is 1.43. The first-order chi connectivity index (χ1) is 8.49. The highest BCUT2D eigenvalue weighted by atomic mass is 32.2. The van der Waals surface area contributed by atoms with Gasteiger partial charge in [0.05, 0.1) is 12.5 Å². The van der Waals surface area contributed by atoms with Gasteiger partial charge in [0.15, 0.2) is 0 Å². The van der Waals surface area contributed by atoms with Crippen LogP contribution in [0.2, 0.25) is 0 Å². The summed E-state index contributed by atoms with van der Waals surface area (Å²) in [6, 6.07) is -0.160. The fourth-order valence-electron chi connectivity index (χ4n) is 2.26. The second-order valence-electron chi connectivity index (χ2n) is 4.69. The number of carboxylic acids is 1. The van der Waals surface area contributed by atoms with E-state index in [1.807, 2.05) is 0 Å². The molecule has 8 heteroatoms. The number of piperidine rings is 1. The van der Waals surface area contributed by atoms with E-state index in [2.05, 4.69) is 4.72 Å². The van der Waals surface area contributed by atoms with Crippen LogP contribution in [0.4, 0.5) is 0 Å². The average Bonchev–Trinajstić information content (AvgIpc) is 2.81. The number of carboxylic acid groups (broad SMARTS) is 1. The van der Waals surface area contributed by atoms with E-state index in [9.17, 15) is 13.2 Å². The lowest BCUT2D eigenvalue weighted by Crippen LogP contribution is -2.49. The quantitative estimate of drug-likeness (QED) is 0.716. The topological polar surface area (TPSA) is 95.9 Å². The van der Waals surface area contributed by atoms with Crippen molar-refractivity contribution in [2.45, 2.75) is 25.3 Å². The predicted molar refractivity (Wildman–Crippen MR) is 63.2 cm³/mol. The van der Waals surface area contributed by atoms with Crippen molar-refractivity contribution in [1.82, 2.24) is 9.03 Å². The second-order valence-corrected chi connectivity index (χ2v) is 6.40. The molecule has 1 atom stereocenters. The standard InChI is InChI=1S/C10H18N2O5S/c13-10(14)8-1-4-12(5-2-8)18(15,16)11-9-3-6-17-7-9/h8-9,11H,1-7H2,(H,13,14). The zero-order valence-electron chi connectivity index (χ0n) is 10.0.